The Hall–Kier alpha value is -1.54. The summed E-state index contributed by atoms with van der Waals surface area (Å²) in [7, 11) is 0. The molecule has 0 aromatic heterocycles. The molecule has 0 saturated carbocycles. The van der Waals surface area contributed by atoms with Crippen molar-refractivity contribution in [1.29, 1.82) is 0 Å². The van der Waals surface area contributed by atoms with E-state index in [1.807, 2.05) is 36.4 Å². The van der Waals surface area contributed by atoms with Crippen molar-refractivity contribution in [3.8, 4) is 0 Å². The van der Waals surface area contributed by atoms with Crippen molar-refractivity contribution in [1.82, 2.24) is 0 Å². The molecule has 0 aliphatic rings. The molecule has 1 aromatic carbocycles. The van der Waals surface area contributed by atoms with Crippen LogP contribution < -0.4 is 5.73 Å². The largest absolute Gasteiger partial charge is 0.399 e. The van der Waals surface area contributed by atoms with Crippen LogP contribution in [-0.4, -0.2) is 11.7 Å². The Morgan fingerprint density at radius 1 is 1.15 bits per heavy atom. The summed E-state index contributed by atoms with van der Waals surface area (Å²) in [6, 6.07) is 7.60. The fraction of sp³-hybridized carbons (Fsp3) is 0.0909. The highest BCUT2D eigenvalue weighted by molar-refractivity contribution is 5.54. The smallest absolute Gasteiger partial charge is 0.0615 e. The van der Waals surface area contributed by atoms with E-state index in [1.165, 1.54) is 0 Å². The van der Waals surface area contributed by atoms with Gasteiger partial charge in [-0.1, -0.05) is 36.4 Å². The van der Waals surface area contributed by atoms with Crippen LogP contribution in [0.1, 0.15) is 5.56 Å². The molecule has 0 unspecified atom stereocenters. The number of anilines is 1. The van der Waals surface area contributed by atoms with Crippen LogP contribution in [0.3, 0.4) is 0 Å². The van der Waals surface area contributed by atoms with Gasteiger partial charge in [-0.2, -0.15) is 0 Å². The van der Waals surface area contributed by atoms with Gasteiger partial charge in [-0.25, -0.2) is 0 Å². The van der Waals surface area contributed by atoms with Gasteiger partial charge in [0.15, 0.2) is 0 Å². The van der Waals surface area contributed by atoms with Gasteiger partial charge in [0.2, 0.25) is 0 Å². The Morgan fingerprint density at radius 3 is 2.46 bits per heavy atom. The second-order valence-electron chi connectivity index (χ2n) is 2.64. The van der Waals surface area contributed by atoms with Crippen LogP contribution in [0.4, 0.5) is 5.69 Å². The molecule has 2 nitrogen and oxygen atoms in total. The fourth-order valence-electron chi connectivity index (χ4n) is 0.913. The molecule has 1 rings (SSSR count). The molecular weight excluding hydrogens is 162 g/mol. The molecule has 0 fully saturated rings. The van der Waals surface area contributed by atoms with E-state index in [0.29, 0.717) is 0 Å². The number of rotatable bonds is 3. The van der Waals surface area contributed by atoms with E-state index < -0.39 is 0 Å². The first-order valence-corrected chi connectivity index (χ1v) is 4.12. The molecule has 0 amide bonds. The highest BCUT2D eigenvalue weighted by Crippen LogP contribution is 2.06. The molecule has 2 heteroatoms. The van der Waals surface area contributed by atoms with Gasteiger partial charge in [0.1, 0.15) is 0 Å². The number of hydrogen-bond acceptors (Lipinski definition) is 2. The maximum absolute atomic E-state index is 8.46. The molecule has 0 saturated heterocycles. The summed E-state index contributed by atoms with van der Waals surface area (Å²) in [6.07, 6.45) is 7.30. The van der Waals surface area contributed by atoms with Crippen molar-refractivity contribution in [2.24, 2.45) is 0 Å². The summed E-state index contributed by atoms with van der Waals surface area (Å²) in [5, 5.41) is 8.46. The number of aliphatic hydroxyl groups is 1. The van der Waals surface area contributed by atoms with E-state index in [1.54, 1.807) is 12.2 Å². The topological polar surface area (TPSA) is 46.2 Å². The van der Waals surface area contributed by atoms with Crippen LogP contribution in [0.5, 0.6) is 0 Å². The fourth-order valence-corrected chi connectivity index (χ4v) is 0.913. The van der Waals surface area contributed by atoms with Crippen LogP contribution in [0.2, 0.25) is 0 Å². The second-order valence-corrected chi connectivity index (χ2v) is 2.64. The standard InChI is InChI=1S/C11H13NO/c12-11-7-5-10(6-8-11)4-2-1-3-9-13/h1-8,13H,9,12H2. The van der Waals surface area contributed by atoms with Crippen LogP contribution in [-0.2, 0) is 0 Å². The highest BCUT2D eigenvalue weighted by atomic mass is 16.2. The first-order chi connectivity index (χ1) is 6.33. The lowest BCUT2D eigenvalue weighted by atomic mass is 10.2. The minimum absolute atomic E-state index is 0.0755. The maximum atomic E-state index is 8.46. The molecule has 0 heterocycles. The van der Waals surface area contributed by atoms with Gasteiger partial charge < -0.3 is 10.8 Å². The van der Waals surface area contributed by atoms with Crippen molar-refractivity contribution in [3.05, 3.63) is 48.1 Å². The summed E-state index contributed by atoms with van der Waals surface area (Å²) in [5.41, 5.74) is 7.39. The zero-order valence-corrected chi connectivity index (χ0v) is 7.35. The zero-order valence-electron chi connectivity index (χ0n) is 7.35. The van der Waals surface area contributed by atoms with E-state index in [-0.39, 0.29) is 6.61 Å². The number of hydrogen-bond donors (Lipinski definition) is 2. The summed E-state index contributed by atoms with van der Waals surface area (Å²) in [6.45, 7) is 0.0755. The first-order valence-electron chi connectivity index (χ1n) is 4.12. The quantitative estimate of drug-likeness (QED) is 0.544. The first kappa shape index (κ1) is 9.55. The Labute approximate surface area is 78.0 Å². The Kier molecular flexibility index (Phi) is 3.79. The molecule has 1 aromatic rings. The van der Waals surface area contributed by atoms with Gasteiger partial charge in [-0.05, 0) is 17.7 Å². The molecule has 0 bridgehead atoms. The third-order valence-electron chi connectivity index (χ3n) is 1.58. The van der Waals surface area contributed by atoms with Crippen molar-refractivity contribution < 1.29 is 5.11 Å². The summed E-state index contributed by atoms with van der Waals surface area (Å²) in [5.74, 6) is 0. The zero-order chi connectivity index (χ0) is 9.52. The number of nitrogens with two attached hydrogens (primary N) is 1. The predicted molar refractivity (Wildman–Crippen MR) is 56.1 cm³/mol. The van der Waals surface area contributed by atoms with Crippen molar-refractivity contribution >= 4 is 11.8 Å². The molecule has 0 radical (unpaired) electrons. The lowest BCUT2D eigenvalue weighted by Crippen LogP contribution is -1.82. The third-order valence-corrected chi connectivity index (χ3v) is 1.58. The van der Waals surface area contributed by atoms with Crippen LogP contribution in [0.15, 0.2) is 42.5 Å². The molecule has 0 atom stereocenters. The van der Waals surface area contributed by atoms with Gasteiger partial charge in [-0.15, -0.1) is 0 Å². The SMILES string of the molecule is Nc1ccc(C=CC=CCO)cc1. The van der Waals surface area contributed by atoms with Gasteiger partial charge in [0.05, 0.1) is 6.61 Å². The number of nitrogen functional groups attached to an aromatic ring is 1. The lowest BCUT2D eigenvalue weighted by Gasteiger charge is -1.93. The number of benzene rings is 1. The third kappa shape index (κ3) is 3.58. The summed E-state index contributed by atoms with van der Waals surface area (Å²) in [4.78, 5) is 0. The minimum atomic E-state index is 0.0755. The van der Waals surface area contributed by atoms with E-state index >= 15 is 0 Å². The summed E-state index contributed by atoms with van der Waals surface area (Å²) >= 11 is 0. The summed E-state index contributed by atoms with van der Waals surface area (Å²) < 4.78 is 0. The monoisotopic (exact) mass is 175 g/mol. The molecular formula is C11H13NO. The van der Waals surface area contributed by atoms with E-state index in [0.717, 1.165) is 11.3 Å². The molecule has 13 heavy (non-hydrogen) atoms. The van der Waals surface area contributed by atoms with Gasteiger partial charge in [0, 0.05) is 5.69 Å². The van der Waals surface area contributed by atoms with Crippen LogP contribution in [0, 0.1) is 0 Å². The van der Waals surface area contributed by atoms with E-state index in [2.05, 4.69) is 0 Å². The van der Waals surface area contributed by atoms with Crippen molar-refractivity contribution in [3.63, 3.8) is 0 Å². The average Bonchev–Trinajstić information content (AvgIpc) is 2.15. The van der Waals surface area contributed by atoms with Crippen molar-refractivity contribution in [2.45, 2.75) is 0 Å². The molecule has 3 N–H and O–H groups in total. The average molecular weight is 175 g/mol. The predicted octanol–water partition coefficient (Wildman–Crippen LogP) is 1.83. The number of aliphatic hydroxyl groups excluding tert-OH is 1. The van der Waals surface area contributed by atoms with Crippen molar-refractivity contribution in [2.75, 3.05) is 12.3 Å². The minimum Gasteiger partial charge on any atom is -0.399 e. The lowest BCUT2D eigenvalue weighted by molar-refractivity contribution is 0.343. The Balaban J connectivity index is 2.59. The number of allylic oxidation sites excluding steroid dienone is 2. The van der Waals surface area contributed by atoms with E-state index in [4.69, 9.17) is 10.8 Å². The van der Waals surface area contributed by atoms with Crippen LogP contribution in [0.25, 0.3) is 6.08 Å². The normalized spacial score (nSPS) is 11.5. The molecule has 0 spiro atoms. The Morgan fingerprint density at radius 2 is 1.85 bits per heavy atom. The van der Waals surface area contributed by atoms with Gasteiger partial charge in [-0.3, -0.25) is 0 Å². The van der Waals surface area contributed by atoms with E-state index in [9.17, 15) is 0 Å². The molecule has 0 aliphatic heterocycles. The van der Waals surface area contributed by atoms with Gasteiger partial charge in [0.25, 0.3) is 0 Å². The Bertz CT molecular complexity index is 298. The molecule has 68 valence electrons. The van der Waals surface area contributed by atoms with Crippen LogP contribution >= 0.6 is 0 Å². The maximum Gasteiger partial charge on any atom is 0.0615 e. The molecule has 0 aliphatic carbocycles. The van der Waals surface area contributed by atoms with Gasteiger partial charge >= 0.3 is 0 Å². The second kappa shape index (κ2) is 5.17. The highest BCUT2D eigenvalue weighted by Gasteiger charge is 1.84.